The summed E-state index contributed by atoms with van der Waals surface area (Å²) in [5, 5.41) is 9.93. The van der Waals surface area contributed by atoms with E-state index in [-0.39, 0.29) is 5.92 Å². The van der Waals surface area contributed by atoms with Gasteiger partial charge in [0.15, 0.2) is 0 Å². The zero-order chi connectivity index (χ0) is 11.5. The lowest BCUT2D eigenvalue weighted by Crippen LogP contribution is -2.21. The van der Waals surface area contributed by atoms with Gasteiger partial charge in [0.05, 0.1) is 5.92 Å². The molecule has 0 aromatic heterocycles. The summed E-state index contributed by atoms with van der Waals surface area (Å²) in [4.78, 5) is 11.3. The fourth-order valence-electron chi connectivity index (χ4n) is 2.13. The smallest absolute Gasteiger partial charge is 0.311 e. The van der Waals surface area contributed by atoms with Gasteiger partial charge in [0.1, 0.15) is 0 Å². The predicted molar refractivity (Wildman–Crippen MR) is 67.3 cm³/mol. The Kier molecular flexibility index (Phi) is 3.77. The van der Waals surface area contributed by atoms with Gasteiger partial charge in [-0.1, -0.05) is 23.7 Å². The van der Waals surface area contributed by atoms with Crippen LogP contribution < -0.4 is 0 Å². The van der Waals surface area contributed by atoms with Crippen LogP contribution in [0, 0.1) is 5.92 Å². The molecule has 86 valence electrons. The maximum Gasteiger partial charge on any atom is 0.311 e. The molecule has 2 nitrogen and oxygen atoms in total. The number of carboxylic acids is 1. The molecule has 1 aliphatic heterocycles. The van der Waals surface area contributed by atoms with Crippen molar-refractivity contribution in [3.05, 3.63) is 34.9 Å². The molecule has 0 amide bonds. The van der Waals surface area contributed by atoms with E-state index in [4.69, 9.17) is 11.6 Å². The van der Waals surface area contributed by atoms with Crippen molar-refractivity contribution in [2.45, 2.75) is 12.3 Å². The third kappa shape index (κ3) is 2.53. The van der Waals surface area contributed by atoms with Crippen LogP contribution >= 0.6 is 23.4 Å². The minimum Gasteiger partial charge on any atom is -0.481 e. The van der Waals surface area contributed by atoms with Gasteiger partial charge in [0.25, 0.3) is 0 Å². The van der Waals surface area contributed by atoms with Gasteiger partial charge in [-0.05, 0) is 41.5 Å². The molecule has 2 atom stereocenters. The quantitative estimate of drug-likeness (QED) is 0.902. The lowest BCUT2D eigenvalue weighted by Gasteiger charge is -2.19. The van der Waals surface area contributed by atoms with Gasteiger partial charge in [-0.25, -0.2) is 0 Å². The van der Waals surface area contributed by atoms with Crippen LogP contribution in [0.3, 0.4) is 0 Å². The van der Waals surface area contributed by atoms with E-state index in [1.165, 1.54) is 0 Å². The Balaban J connectivity index is 2.28. The topological polar surface area (TPSA) is 37.3 Å². The van der Waals surface area contributed by atoms with Crippen molar-refractivity contribution in [3.63, 3.8) is 0 Å². The minimum atomic E-state index is -0.741. The van der Waals surface area contributed by atoms with E-state index in [2.05, 4.69) is 0 Å². The molecule has 16 heavy (non-hydrogen) atoms. The van der Waals surface area contributed by atoms with Gasteiger partial charge in [0.2, 0.25) is 0 Å². The van der Waals surface area contributed by atoms with Crippen LogP contribution in [0.4, 0.5) is 0 Å². The zero-order valence-electron chi connectivity index (χ0n) is 8.73. The maximum atomic E-state index is 11.3. The van der Waals surface area contributed by atoms with Gasteiger partial charge in [-0.15, -0.1) is 0 Å². The van der Waals surface area contributed by atoms with Gasteiger partial charge >= 0.3 is 5.97 Å². The summed E-state index contributed by atoms with van der Waals surface area (Å²) in [6.45, 7) is 0. The average Bonchev–Trinajstić information content (AvgIpc) is 2.71. The molecular weight excluding hydrogens is 244 g/mol. The summed E-state index contributed by atoms with van der Waals surface area (Å²) in [5.41, 5.74) is 0.826. The van der Waals surface area contributed by atoms with Crippen LogP contribution in [0.5, 0.6) is 0 Å². The van der Waals surface area contributed by atoms with E-state index in [0.29, 0.717) is 5.02 Å². The van der Waals surface area contributed by atoms with E-state index < -0.39 is 11.9 Å². The SMILES string of the molecule is O=C(O)C(c1cccc(Cl)c1)C1CCSC1. The monoisotopic (exact) mass is 256 g/mol. The minimum absolute atomic E-state index is 0.237. The number of hydrogen-bond donors (Lipinski definition) is 1. The number of thioether (sulfide) groups is 1. The number of carboxylic acid groups (broad SMARTS) is 1. The highest BCUT2D eigenvalue weighted by atomic mass is 35.5. The van der Waals surface area contributed by atoms with Gasteiger partial charge in [-0.3, -0.25) is 4.79 Å². The summed E-state index contributed by atoms with van der Waals surface area (Å²) in [6, 6.07) is 7.21. The first-order valence-electron chi connectivity index (χ1n) is 5.24. The molecule has 1 N–H and O–H groups in total. The second-order valence-corrected chi connectivity index (χ2v) is 5.58. The Hall–Kier alpha value is -0.670. The molecular formula is C12H13ClO2S. The van der Waals surface area contributed by atoms with Crippen molar-refractivity contribution >= 4 is 29.3 Å². The van der Waals surface area contributed by atoms with E-state index in [0.717, 1.165) is 23.5 Å². The molecule has 2 unspecified atom stereocenters. The van der Waals surface area contributed by atoms with Crippen LogP contribution in [0.15, 0.2) is 24.3 Å². The van der Waals surface area contributed by atoms with Crippen molar-refractivity contribution in [2.75, 3.05) is 11.5 Å². The molecule has 1 aromatic carbocycles. The van der Waals surface area contributed by atoms with Gasteiger partial charge in [0, 0.05) is 5.02 Å². The molecule has 0 aliphatic carbocycles. The van der Waals surface area contributed by atoms with Crippen LogP contribution in [-0.2, 0) is 4.79 Å². The molecule has 2 rings (SSSR count). The first-order chi connectivity index (χ1) is 7.68. The summed E-state index contributed by atoms with van der Waals surface area (Å²) >= 11 is 7.73. The van der Waals surface area contributed by atoms with E-state index in [1.54, 1.807) is 12.1 Å². The van der Waals surface area contributed by atoms with E-state index in [1.807, 2.05) is 23.9 Å². The molecule has 1 aliphatic rings. The molecule has 0 radical (unpaired) electrons. The fourth-order valence-corrected chi connectivity index (χ4v) is 3.63. The van der Waals surface area contributed by atoms with Crippen molar-refractivity contribution in [3.8, 4) is 0 Å². The molecule has 0 bridgehead atoms. The Morgan fingerprint density at radius 2 is 2.38 bits per heavy atom. The Morgan fingerprint density at radius 1 is 1.56 bits per heavy atom. The second kappa shape index (κ2) is 5.11. The standard InChI is InChI=1S/C12H13ClO2S/c13-10-3-1-2-8(6-10)11(12(14)15)9-4-5-16-7-9/h1-3,6,9,11H,4-5,7H2,(H,14,15). The maximum absolute atomic E-state index is 11.3. The number of rotatable bonds is 3. The molecule has 1 fully saturated rings. The lowest BCUT2D eigenvalue weighted by atomic mass is 9.86. The van der Waals surface area contributed by atoms with Crippen molar-refractivity contribution in [1.29, 1.82) is 0 Å². The van der Waals surface area contributed by atoms with E-state index >= 15 is 0 Å². The van der Waals surface area contributed by atoms with Crippen LogP contribution in [-0.4, -0.2) is 22.6 Å². The van der Waals surface area contributed by atoms with Crippen molar-refractivity contribution in [1.82, 2.24) is 0 Å². The first kappa shape index (κ1) is 11.8. The predicted octanol–water partition coefficient (Wildman–Crippen LogP) is 3.26. The molecule has 4 heteroatoms. The Labute approximate surface area is 104 Å². The summed E-state index contributed by atoms with van der Waals surface area (Å²) < 4.78 is 0. The first-order valence-corrected chi connectivity index (χ1v) is 6.78. The number of halogens is 1. The third-order valence-electron chi connectivity index (χ3n) is 2.91. The fraction of sp³-hybridized carbons (Fsp3) is 0.417. The highest BCUT2D eigenvalue weighted by Crippen LogP contribution is 2.36. The molecule has 0 spiro atoms. The molecule has 1 heterocycles. The lowest BCUT2D eigenvalue weighted by molar-refractivity contribution is -0.140. The van der Waals surface area contributed by atoms with E-state index in [9.17, 15) is 9.90 Å². The third-order valence-corrected chi connectivity index (χ3v) is 4.33. The number of aliphatic carboxylic acids is 1. The van der Waals surface area contributed by atoms with Gasteiger partial charge in [-0.2, -0.15) is 11.8 Å². The van der Waals surface area contributed by atoms with Gasteiger partial charge < -0.3 is 5.11 Å². The number of hydrogen-bond acceptors (Lipinski definition) is 2. The van der Waals surface area contributed by atoms with Crippen LogP contribution in [0.1, 0.15) is 17.9 Å². The molecule has 1 saturated heterocycles. The van der Waals surface area contributed by atoms with Crippen LogP contribution in [0.2, 0.25) is 5.02 Å². The highest BCUT2D eigenvalue weighted by Gasteiger charge is 2.32. The summed E-state index contributed by atoms with van der Waals surface area (Å²) in [7, 11) is 0. The second-order valence-electron chi connectivity index (χ2n) is 3.99. The average molecular weight is 257 g/mol. The Morgan fingerprint density at radius 3 is 2.94 bits per heavy atom. The number of benzene rings is 1. The number of carbonyl (C=O) groups is 1. The molecule has 0 saturated carbocycles. The summed E-state index contributed by atoms with van der Waals surface area (Å²) in [6.07, 6.45) is 0.980. The summed E-state index contributed by atoms with van der Waals surface area (Å²) in [5.74, 6) is 1.09. The van der Waals surface area contributed by atoms with Crippen molar-refractivity contribution < 1.29 is 9.90 Å². The normalized spacial score (nSPS) is 21.9. The van der Waals surface area contributed by atoms with Crippen molar-refractivity contribution in [2.24, 2.45) is 5.92 Å². The zero-order valence-corrected chi connectivity index (χ0v) is 10.3. The molecule has 1 aromatic rings. The largest absolute Gasteiger partial charge is 0.481 e. The Bertz CT molecular complexity index is 388. The van der Waals surface area contributed by atoms with Crippen LogP contribution in [0.25, 0.3) is 0 Å². The highest BCUT2D eigenvalue weighted by molar-refractivity contribution is 7.99.